The summed E-state index contributed by atoms with van der Waals surface area (Å²) in [5.74, 6) is -0.856. The number of methoxy groups -OCH3 is 1. The summed E-state index contributed by atoms with van der Waals surface area (Å²) in [6.07, 6.45) is 1.40. The Morgan fingerprint density at radius 1 is 1.64 bits per heavy atom. The molecular weight excluding hydrogens is 204 g/mol. The first-order chi connectivity index (χ1) is 6.72. The van der Waals surface area contributed by atoms with Crippen molar-refractivity contribution in [2.45, 2.75) is 11.6 Å². The van der Waals surface area contributed by atoms with Crippen LogP contribution in [0.2, 0.25) is 0 Å². The molecule has 0 aliphatic rings. The topological polar surface area (TPSA) is 72.3 Å². The van der Waals surface area contributed by atoms with Crippen LogP contribution >= 0.6 is 11.8 Å². The average molecular weight is 214 g/mol. The summed E-state index contributed by atoms with van der Waals surface area (Å²) in [6, 6.07) is 1.72. The van der Waals surface area contributed by atoms with Gasteiger partial charge >= 0.3 is 5.97 Å². The zero-order valence-corrected chi connectivity index (χ0v) is 8.45. The van der Waals surface area contributed by atoms with Gasteiger partial charge in [-0.3, -0.25) is 4.79 Å². The molecule has 0 bridgehead atoms. The summed E-state index contributed by atoms with van der Waals surface area (Å²) in [4.78, 5) is 18.2. The maximum Gasteiger partial charge on any atom is 0.313 e. The number of thioether (sulfide) groups is 1. The molecule has 14 heavy (non-hydrogen) atoms. The monoisotopic (exact) mass is 214 g/mol. The molecule has 0 atom stereocenters. The van der Waals surface area contributed by atoms with Crippen molar-refractivity contribution in [1.82, 2.24) is 9.97 Å². The second kappa shape index (κ2) is 5.56. The Morgan fingerprint density at radius 2 is 2.43 bits per heavy atom. The number of aromatic nitrogens is 2. The fraction of sp³-hybridized carbons (Fsp3) is 0.375. The van der Waals surface area contributed by atoms with Crippen LogP contribution in [0.3, 0.4) is 0 Å². The van der Waals surface area contributed by atoms with Gasteiger partial charge in [0.2, 0.25) is 0 Å². The Labute approximate surface area is 85.5 Å². The fourth-order valence-electron chi connectivity index (χ4n) is 0.818. The van der Waals surface area contributed by atoms with Crippen LogP contribution in [-0.2, 0) is 16.1 Å². The van der Waals surface area contributed by atoms with Crippen molar-refractivity contribution in [2.75, 3.05) is 12.9 Å². The normalized spacial score (nSPS) is 10.1. The van der Waals surface area contributed by atoms with E-state index in [0.717, 1.165) is 17.5 Å². The van der Waals surface area contributed by atoms with Crippen molar-refractivity contribution in [3.05, 3.63) is 18.1 Å². The number of rotatable bonds is 5. The number of carbonyl (C=O) groups is 1. The minimum atomic E-state index is -0.859. The van der Waals surface area contributed by atoms with Gasteiger partial charge in [0.1, 0.15) is 11.4 Å². The Balaban J connectivity index is 2.58. The van der Waals surface area contributed by atoms with Crippen LogP contribution in [0.4, 0.5) is 0 Å². The van der Waals surface area contributed by atoms with Gasteiger partial charge in [0, 0.05) is 7.11 Å². The lowest BCUT2D eigenvalue weighted by Crippen LogP contribution is -1.99. The molecule has 1 rings (SSSR count). The summed E-state index contributed by atoms with van der Waals surface area (Å²) in [5.41, 5.74) is 0.746. The first kappa shape index (κ1) is 10.9. The van der Waals surface area contributed by atoms with Gasteiger partial charge in [-0.2, -0.15) is 0 Å². The summed E-state index contributed by atoms with van der Waals surface area (Å²) in [5, 5.41) is 9.11. The number of nitrogens with zero attached hydrogens (tertiary/aromatic N) is 2. The Kier molecular flexibility index (Phi) is 4.34. The Morgan fingerprint density at radius 3 is 3.07 bits per heavy atom. The van der Waals surface area contributed by atoms with Crippen LogP contribution in [-0.4, -0.2) is 33.9 Å². The summed E-state index contributed by atoms with van der Waals surface area (Å²) in [7, 11) is 1.58. The van der Waals surface area contributed by atoms with E-state index in [0.29, 0.717) is 11.6 Å². The van der Waals surface area contributed by atoms with Gasteiger partial charge in [-0.1, -0.05) is 11.8 Å². The second-order valence-electron chi connectivity index (χ2n) is 2.46. The molecular formula is C8H10N2O3S. The predicted octanol–water partition coefficient (Wildman–Crippen LogP) is 0.800. The molecule has 0 aliphatic carbocycles. The van der Waals surface area contributed by atoms with Gasteiger partial charge in [0.25, 0.3) is 0 Å². The van der Waals surface area contributed by atoms with Crippen molar-refractivity contribution in [1.29, 1.82) is 0 Å². The van der Waals surface area contributed by atoms with Gasteiger partial charge in [-0.15, -0.1) is 0 Å². The van der Waals surface area contributed by atoms with Crippen molar-refractivity contribution in [3.8, 4) is 0 Å². The van der Waals surface area contributed by atoms with Crippen LogP contribution in [0.15, 0.2) is 17.4 Å². The molecule has 0 aliphatic heterocycles. The molecule has 1 aromatic heterocycles. The molecule has 0 amide bonds. The number of hydrogen-bond acceptors (Lipinski definition) is 5. The minimum Gasteiger partial charge on any atom is -0.481 e. The minimum absolute atomic E-state index is 0.00341. The molecule has 0 unspecified atom stereocenters. The molecule has 6 heteroatoms. The molecule has 5 nitrogen and oxygen atoms in total. The highest BCUT2D eigenvalue weighted by Gasteiger charge is 2.02. The third-order valence-electron chi connectivity index (χ3n) is 1.33. The van der Waals surface area contributed by atoms with Crippen LogP contribution in [0, 0.1) is 0 Å². The van der Waals surface area contributed by atoms with E-state index in [2.05, 4.69) is 9.97 Å². The number of ether oxygens (including phenoxy) is 1. The summed E-state index contributed by atoms with van der Waals surface area (Å²) >= 11 is 1.16. The number of aliphatic carboxylic acids is 1. The molecule has 0 radical (unpaired) electrons. The van der Waals surface area contributed by atoms with Crippen LogP contribution in [0.1, 0.15) is 5.69 Å². The lowest BCUT2D eigenvalue weighted by Gasteiger charge is -2.00. The molecule has 0 fully saturated rings. The zero-order chi connectivity index (χ0) is 10.4. The van der Waals surface area contributed by atoms with Gasteiger partial charge in [-0.25, -0.2) is 9.97 Å². The molecule has 1 heterocycles. The van der Waals surface area contributed by atoms with E-state index in [1.807, 2.05) is 0 Å². The highest BCUT2D eigenvalue weighted by molar-refractivity contribution is 7.99. The quantitative estimate of drug-likeness (QED) is 0.577. The molecule has 76 valence electrons. The number of carboxylic acid groups (broad SMARTS) is 1. The number of hydrogen-bond donors (Lipinski definition) is 1. The Bertz CT molecular complexity index is 319. The van der Waals surface area contributed by atoms with Gasteiger partial charge in [0.05, 0.1) is 18.1 Å². The lowest BCUT2D eigenvalue weighted by atomic mass is 10.4. The van der Waals surface area contributed by atoms with Gasteiger partial charge < -0.3 is 9.84 Å². The third-order valence-corrected chi connectivity index (χ3v) is 2.24. The molecule has 0 spiro atoms. The van der Waals surface area contributed by atoms with Crippen molar-refractivity contribution >= 4 is 17.7 Å². The van der Waals surface area contributed by atoms with E-state index in [4.69, 9.17) is 9.84 Å². The maximum absolute atomic E-state index is 10.3. The first-order valence-electron chi connectivity index (χ1n) is 3.87. The molecule has 1 aromatic rings. The highest BCUT2D eigenvalue weighted by Crippen LogP contribution is 2.14. The second-order valence-corrected chi connectivity index (χ2v) is 3.46. The Hall–Kier alpha value is -1.14. The smallest absolute Gasteiger partial charge is 0.313 e. The van der Waals surface area contributed by atoms with Gasteiger partial charge in [-0.05, 0) is 6.07 Å². The largest absolute Gasteiger partial charge is 0.481 e. The van der Waals surface area contributed by atoms with Crippen molar-refractivity contribution < 1.29 is 14.6 Å². The summed E-state index contributed by atoms with van der Waals surface area (Å²) in [6.45, 7) is 0.406. The zero-order valence-electron chi connectivity index (χ0n) is 7.64. The highest BCUT2D eigenvalue weighted by atomic mass is 32.2. The third kappa shape index (κ3) is 3.71. The summed E-state index contributed by atoms with van der Waals surface area (Å²) < 4.78 is 4.89. The van der Waals surface area contributed by atoms with Crippen molar-refractivity contribution in [3.63, 3.8) is 0 Å². The van der Waals surface area contributed by atoms with E-state index >= 15 is 0 Å². The van der Waals surface area contributed by atoms with E-state index in [1.54, 1.807) is 13.2 Å². The molecule has 1 N–H and O–H groups in total. The van der Waals surface area contributed by atoms with Crippen molar-refractivity contribution in [2.24, 2.45) is 0 Å². The predicted molar refractivity (Wildman–Crippen MR) is 51.1 cm³/mol. The molecule has 0 saturated carbocycles. The van der Waals surface area contributed by atoms with E-state index < -0.39 is 5.97 Å². The van der Waals surface area contributed by atoms with Gasteiger partial charge in [0.15, 0.2) is 0 Å². The maximum atomic E-state index is 10.3. The van der Waals surface area contributed by atoms with Crippen LogP contribution in [0.5, 0.6) is 0 Å². The van der Waals surface area contributed by atoms with E-state index in [1.165, 1.54) is 6.33 Å². The molecule has 0 aromatic carbocycles. The average Bonchev–Trinajstić information content (AvgIpc) is 2.16. The standard InChI is InChI=1S/C8H10N2O3S/c1-13-3-6-2-7(10-5-9-6)14-4-8(11)12/h2,5H,3-4H2,1H3,(H,11,12). The van der Waals surface area contributed by atoms with E-state index in [-0.39, 0.29) is 5.75 Å². The number of carboxylic acids is 1. The fourth-order valence-corrected chi connectivity index (χ4v) is 1.43. The SMILES string of the molecule is COCc1cc(SCC(=O)O)ncn1. The first-order valence-corrected chi connectivity index (χ1v) is 4.85. The molecule has 0 saturated heterocycles. The van der Waals surface area contributed by atoms with Crippen LogP contribution in [0.25, 0.3) is 0 Å². The van der Waals surface area contributed by atoms with E-state index in [9.17, 15) is 4.79 Å². The van der Waals surface area contributed by atoms with Crippen LogP contribution < -0.4 is 0 Å². The lowest BCUT2D eigenvalue weighted by molar-refractivity contribution is -0.133.